The summed E-state index contributed by atoms with van der Waals surface area (Å²) in [5.41, 5.74) is 2.70. The number of carbonyl (C=O) groups is 2. The zero-order valence-electron chi connectivity index (χ0n) is 25.2. The number of ether oxygens (including phenoxy) is 2. The van der Waals surface area contributed by atoms with Crippen molar-refractivity contribution in [1.82, 2.24) is 20.2 Å². The van der Waals surface area contributed by atoms with Crippen molar-refractivity contribution in [2.45, 2.75) is 49.7 Å². The van der Waals surface area contributed by atoms with E-state index in [0.29, 0.717) is 46.6 Å². The maximum Gasteiger partial charge on any atom is 0.255 e. The summed E-state index contributed by atoms with van der Waals surface area (Å²) in [5.74, 6) is -0.634. The molecule has 2 aromatic carbocycles. The van der Waals surface area contributed by atoms with Crippen molar-refractivity contribution >= 4 is 52.9 Å². The van der Waals surface area contributed by atoms with Gasteiger partial charge in [0.2, 0.25) is 11.9 Å². The van der Waals surface area contributed by atoms with Crippen LogP contribution in [0.1, 0.15) is 47.3 Å². The second-order valence-electron chi connectivity index (χ2n) is 12.1. The molecule has 2 aliphatic rings. The Morgan fingerprint density at radius 3 is 2.70 bits per heavy atom. The molecule has 1 saturated heterocycles. The lowest BCUT2D eigenvalue weighted by molar-refractivity contribution is -0.126. The van der Waals surface area contributed by atoms with Crippen LogP contribution in [0.2, 0.25) is 5.02 Å². The number of hydrogen-bond acceptors (Lipinski definition) is 8. The first kappa shape index (κ1) is 31.8. The molecule has 0 spiro atoms. The van der Waals surface area contributed by atoms with E-state index in [0.717, 1.165) is 18.4 Å². The molecule has 15 heteroatoms. The standard InChI is InChI=1S/C29H34B3ClFN5O5/c1-15(26(41)37-24(14-40)18-8-19(34)11-21(9-18)44-29(30,31)32)39-13-17-3-2-16(10-22(17)27(39)42)25-23(33)12-35-28(38-25)36-20-4-6-43-7-5-20/h2-3,8-12,15,20,24,40H,4-7,13-14,30-32H2,1H3,(H,37,41)(H,35,36,38)/t15-,24-/m1/s1. The van der Waals surface area contributed by atoms with E-state index >= 15 is 0 Å². The van der Waals surface area contributed by atoms with Crippen LogP contribution in [0.3, 0.4) is 0 Å². The van der Waals surface area contributed by atoms with Crippen LogP contribution in [-0.2, 0) is 16.1 Å². The van der Waals surface area contributed by atoms with Gasteiger partial charge in [-0.3, -0.25) is 9.59 Å². The third-order valence-corrected chi connectivity index (χ3v) is 7.86. The van der Waals surface area contributed by atoms with Gasteiger partial charge in [-0.2, -0.15) is 0 Å². The SMILES string of the molecule is BC(B)(B)Oc1cc(F)cc([C@@H](CO)NC(=O)[C@@H](C)N2Cc3ccc(-c4nc(NC5CCOCC5)ncc4Cl)cc3C2=O)c1. The van der Waals surface area contributed by atoms with Crippen LogP contribution in [-0.4, -0.2) is 92.5 Å². The van der Waals surface area contributed by atoms with E-state index in [2.05, 4.69) is 20.6 Å². The van der Waals surface area contributed by atoms with Crippen LogP contribution in [0, 0.1) is 5.82 Å². The zero-order valence-corrected chi connectivity index (χ0v) is 25.9. The molecule has 0 saturated carbocycles. The van der Waals surface area contributed by atoms with Gasteiger partial charge in [0.05, 0.1) is 29.6 Å². The third kappa shape index (κ3) is 7.36. The first-order valence-electron chi connectivity index (χ1n) is 14.6. The Kier molecular flexibility index (Phi) is 9.52. The number of nitrogens with zero attached hydrogens (tertiary/aromatic N) is 3. The molecule has 3 N–H and O–H groups in total. The van der Waals surface area contributed by atoms with E-state index in [-0.39, 0.29) is 24.2 Å². The van der Waals surface area contributed by atoms with Crippen molar-refractivity contribution < 1.29 is 28.6 Å². The van der Waals surface area contributed by atoms with Gasteiger partial charge in [0.1, 0.15) is 41.1 Å². The Balaban J connectivity index is 1.30. The van der Waals surface area contributed by atoms with Crippen molar-refractivity contribution in [1.29, 1.82) is 0 Å². The molecule has 44 heavy (non-hydrogen) atoms. The fraction of sp³-hybridized carbons (Fsp3) is 0.379. The predicted molar refractivity (Wildman–Crippen MR) is 173 cm³/mol. The molecule has 1 aromatic heterocycles. The van der Waals surface area contributed by atoms with Crippen LogP contribution in [0.5, 0.6) is 5.75 Å². The predicted octanol–water partition coefficient (Wildman–Crippen LogP) is 0.611. The van der Waals surface area contributed by atoms with Gasteiger partial charge in [-0.05, 0) is 49.1 Å². The topological polar surface area (TPSA) is 126 Å². The zero-order chi connectivity index (χ0) is 31.6. The molecule has 5 rings (SSSR count). The number of anilines is 1. The van der Waals surface area contributed by atoms with Gasteiger partial charge in [0.25, 0.3) is 5.91 Å². The quantitative estimate of drug-likeness (QED) is 0.282. The minimum Gasteiger partial charge on any atom is -0.514 e. The summed E-state index contributed by atoms with van der Waals surface area (Å²) < 4.78 is 25.6. The Morgan fingerprint density at radius 1 is 1.25 bits per heavy atom. The molecule has 0 unspecified atom stereocenters. The van der Waals surface area contributed by atoms with Crippen LogP contribution in [0.15, 0.2) is 42.6 Å². The molecule has 3 aromatic rings. The Bertz CT molecular complexity index is 1560. The molecule has 0 bridgehead atoms. The van der Waals surface area contributed by atoms with Crippen molar-refractivity contribution in [3.05, 3.63) is 70.1 Å². The third-order valence-electron chi connectivity index (χ3n) is 7.58. The van der Waals surface area contributed by atoms with Crippen molar-refractivity contribution in [2.75, 3.05) is 25.1 Å². The lowest BCUT2D eigenvalue weighted by Gasteiger charge is -2.27. The molecule has 2 aliphatic heterocycles. The Labute approximate surface area is 263 Å². The van der Waals surface area contributed by atoms with Crippen molar-refractivity contribution in [2.24, 2.45) is 0 Å². The monoisotopic (exact) mass is 619 g/mol. The van der Waals surface area contributed by atoms with E-state index in [1.54, 1.807) is 19.1 Å². The highest BCUT2D eigenvalue weighted by molar-refractivity contribution is 6.58. The minimum atomic E-state index is -0.904. The molecule has 1 fully saturated rings. The van der Waals surface area contributed by atoms with E-state index < -0.39 is 35.7 Å². The van der Waals surface area contributed by atoms with Gasteiger partial charge in [0.15, 0.2) is 0 Å². The number of carbonyl (C=O) groups excluding carboxylic acids is 2. The van der Waals surface area contributed by atoms with Gasteiger partial charge in [-0.15, -0.1) is 0 Å². The summed E-state index contributed by atoms with van der Waals surface area (Å²) in [6.07, 6.45) is 3.24. The summed E-state index contributed by atoms with van der Waals surface area (Å²) in [5, 5.41) is 15.9. The number of aliphatic hydroxyl groups is 1. The van der Waals surface area contributed by atoms with Gasteiger partial charge < -0.3 is 30.1 Å². The number of fused-ring (bicyclic) bond motifs is 1. The maximum atomic E-state index is 14.4. The summed E-state index contributed by atoms with van der Waals surface area (Å²) in [6.45, 7) is 2.72. The normalized spacial score (nSPS) is 16.7. The highest BCUT2D eigenvalue weighted by atomic mass is 35.5. The lowest BCUT2D eigenvalue weighted by Crippen LogP contribution is -2.46. The number of aliphatic hydroxyl groups excluding tert-OH is 1. The molecule has 2 amide bonds. The largest absolute Gasteiger partial charge is 0.514 e. The first-order valence-corrected chi connectivity index (χ1v) is 15.0. The Morgan fingerprint density at radius 2 is 2.00 bits per heavy atom. The summed E-state index contributed by atoms with van der Waals surface area (Å²) in [6, 6.07) is 7.90. The van der Waals surface area contributed by atoms with Gasteiger partial charge >= 0.3 is 0 Å². The second kappa shape index (κ2) is 13.2. The van der Waals surface area contributed by atoms with E-state index in [1.807, 2.05) is 35.7 Å². The number of hydrogen-bond donors (Lipinski definition) is 3. The maximum absolute atomic E-state index is 14.4. The van der Waals surface area contributed by atoms with Crippen LogP contribution >= 0.6 is 11.6 Å². The number of nitrogens with one attached hydrogen (secondary N) is 2. The van der Waals surface area contributed by atoms with Gasteiger partial charge in [0, 0.05) is 48.3 Å². The highest BCUT2D eigenvalue weighted by Crippen LogP contribution is 2.33. The average molecular weight is 620 g/mol. The molecular weight excluding hydrogens is 585 g/mol. The fourth-order valence-electron chi connectivity index (χ4n) is 5.31. The lowest BCUT2D eigenvalue weighted by atomic mass is 9.52. The summed E-state index contributed by atoms with van der Waals surface area (Å²) in [4.78, 5) is 37.2. The van der Waals surface area contributed by atoms with Crippen LogP contribution in [0.25, 0.3) is 11.3 Å². The number of amides is 2. The molecule has 0 radical (unpaired) electrons. The number of halogens is 2. The van der Waals surface area contributed by atoms with Crippen LogP contribution < -0.4 is 15.4 Å². The molecule has 0 aliphatic carbocycles. The molecule has 2 atom stereocenters. The summed E-state index contributed by atoms with van der Waals surface area (Å²) in [7, 11) is 5.51. The van der Waals surface area contributed by atoms with Crippen molar-refractivity contribution in [3.63, 3.8) is 0 Å². The molecule has 10 nitrogen and oxygen atoms in total. The smallest absolute Gasteiger partial charge is 0.255 e. The van der Waals surface area contributed by atoms with E-state index in [4.69, 9.17) is 21.1 Å². The second-order valence-corrected chi connectivity index (χ2v) is 12.5. The van der Waals surface area contributed by atoms with Crippen LogP contribution in [0.4, 0.5) is 10.3 Å². The molecule has 3 heterocycles. The number of rotatable bonds is 10. The van der Waals surface area contributed by atoms with Gasteiger partial charge in [-0.1, -0.05) is 23.7 Å². The van der Waals surface area contributed by atoms with Crippen molar-refractivity contribution in [3.8, 4) is 17.0 Å². The highest BCUT2D eigenvalue weighted by Gasteiger charge is 2.35. The minimum absolute atomic E-state index is 0.200. The Hall–Kier alpha value is -3.61. The number of benzene rings is 2. The first-order chi connectivity index (χ1) is 20.9. The van der Waals surface area contributed by atoms with E-state index in [1.165, 1.54) is 23.2 Å². The average Bonchev–Trinajstić information content (AvgIpc) is 3.31. The summed E-state index contributed by atoms with van der Waals surface area (Å²) >= 11 is 6.47. The van der Waals surface area contributed by atoms with E-state index in [9.17, 15) is 19.1 Å². The fourth-order valence-corrected chi connectivity index (χ4v) is 5.51. The van der Waals surface area contributed by atoms with Gasteiger partial charge in [-0.25, -0.2) is 14.4 Å². The number of aromatic nitrogens is 2. The molecular formula is C29H34B3ClFN5O5. The molecule has 228 valence electrons.